The first kappa shape index (κ1) is 23.8. The summed E-state index contributed by atoms with van der Waals surface area (Å²) >= 11 is 0. The lowest BCUT2D eigenvalue weighted by Gasteiger charge is -2.27. The number of anilines is 1. The van der Waals surface area contributed by atoms with Crippen molar-refractivity contribution >= 4 is 17.9 Å². The van der Waals surface area contributed by atoms with Crippen LogP contribution in [0.25, 0.3) is 0 Å². The second-order valence-electron chi connectivity index (χ2n) is 8.47. The van der Waals surface area contributed by atoms with Crippen LogP contribution in [0.2, 0.25) is 0 Å². The molecule has 1 fully saturated rings. The van der Waals surface area contributed by atoms with Crippen LogP contribution in [0, 0.1) is 0 Å². The Kier molecular flexibility index (Phi) is 9.70. The van der Waals surface area contributed by atoms with Gasteiger partial charge in [0.05, 0.1) is 6.54 Å². The minimum absolute atomic E-state index is 0.384. The van der Waals surface area contributed by atoms with E-state index in [1.807, 2.05) is 40.0 Å². The third-order valence-corrected chi connectivity index (χ3v) is 4.57. The Bertz CT molecular complexity index is 680. The third-order valence-electron chi connectivity index (χ3n) is 4.57. The van der Waals surface area contributed by atoms with Gasteiger partial charge in [-0.1, -0.05) is 0 Å². The molecular formula is C22H38N6O2. The van der Waals surface area contributed by atoms with E-state index in [1.54, 1.807) is 0 Å². The minimum Gasteiger partial charge on any atom is -0.444 e. The van der Waals surface area contributed by atoms with Gasteiger partial charge in [-0.2, -0.15) is 0 Å². The largest absolute Gasteiger partial charge is 0.444 e. The van der Waals surface area contributed by atoms with E-state index in [0.717, 1.165) is 43.4 Å². The van der Waals surface area contributed by atoms with E-state index < -0.39 is 5.60 Å². The normalized spacial score (nSPS) is 14.9. The molecule has 2 heterocycles. The van der Waals surface area contributed by atoms with Gasteiger partial charge in [-0.25, -0.2) is 14.8 Å². The number of hydrogen-bond acceptors (Lipinski definition) is 5. The molecule has 1 aliphatic heterocycles. The molecule has 8 heteroatoms. The summed E-state index contributed by atoms with van der Waals surface area (Å²) in [5.74, 6) is 1.82. The van der Waals surface area contributed by atoms with E-state index in [4.69, 9.17) is 4.74 Å². The fraction of sp³-hybridized carbons (Fsp3) is 0.682. The zero-order valence-electron chi connectivity index (χ0n) is 19.0. The Labute approximate surface area is 180 Å². The number of nitrogens with zero attached hydrogens (tertiary/aromatic N) is 3. The number of alkyl carbamates (subject to hydrolysis) is 1. The Morgan fingerprint density at radius 3 is 2.60 bits per heavy atom. The number of pyridine rings is 1. The van der Waals surface area contributed by atoms with Crippen molar-refractivity contribution in [3.8, 4) is 0 Å². The fourth-order valence-corrected chi connectivity index (χ4v) is 3.17. The second-order valence-corrected chi connectivity index (χ2v) is 8.47. The average molecular weight is 419 g/mol. The standard InChI is InChI=1S/C22H38N6O2/c1-5-23-20(25-11-9-12-26-21(29)30-22(2,3)4)27-17-18-10-13-24-19(16-18)28-14-7-6-8-15-28/h10,13,16H,5-9,11-12,14-15,17H2,1-4H3,(H,26,29)(H2,23,25,27). The van der Waals surface area contributed by atoms with Crippen LogP contribution in [0.1, 0.15) is 58.9 Å². The predicted octanol–water partition coefficient (Wildman–Crippen LogP) is 3.04. The summed E-state index contributed by atoms with van der Waals surface area (Å²) in [6.07, 6.45) is 6.05. The van der Waals surface area contributed by atoms with Crippen molar-refractivity contribution in [3.05, 3.63) is 23.9 Å². The van der Waals surface area contributed by atoms with Crippen LogP contribution < -0.4 is 20.9 Å². The van der Waals surface area contributed by atoms with Crippen molar-refractivity contribution in [3.63, 3.8) is 0 Å². The molecule has 1 aliphatic rings. The molecule has 1 aromatic heterocycles. The van der Waals surface area contributed by atoms with Crippen LogP contribution in [0.4, 0.5) is 10.6 Å². The summed E-state index contributed by atoms with van der Waals surface area (Å²) in [7, 11) is 0. The van der Waals surface area contributed by atoms with E-state index in [1.165, 1.54) is 19.3 Å². The molecule has 0 bridgehead atoms. The lowest BCUT2D eigenvalue weighted by Crippen LogP contribution is -2.39. The molecular weight excluding hydrogens is 380 g/mol. The Morgan fingerprint density at radius 1 is 1.17 bits per heavy atom. The van der Waals surface area contributed by atoms with Gasteiger partial charge >= 0.3 is 6.09 Å². The predicted molar refractivity (Wildman–Crippen MR) is 122 cm³/mol. The van der Waals surface area contributed by atoms with Crippen LogP contribution in [0.5, 0.6) is 0 Å². The minimum atomic E-state index is -0.478. The molecule has 3 N–H and O–H groups in total. The van der Waals surface area contributed by atoms with Gasteiger partial charge in [0.1, 0.15) is 11.4 Å². The Balaban J connectivity index is 1.78. The van der Waals surface area contributed by atoms with Crippen LogP contribution in [-0.4, -0.2) is 55.4 Å². The van der Waals surface area contributed by atoms with E-state index >= 15 is 0 Å². The van der Waals surface area contributed by atoms with Crippen molar-refractivity contribution in [1.29, 1.82) is 0 Å². The molecule has 0 saturated carbocycles. The smallest absolute Gasteiger partial charge is 0.407 e. The van der Waals surface area contributed by atoms with E-state index in [0.29, 0.717) is 19.6 Å². The first-order valence-electron chi connectivity index (χ1n) is 11.1. The van der Waals surface area contributed by atoms with Crippen LogP contribution in [-0.2, 0) is 11.3 Å². The van der Waals surface area contributed by atoms with Crippen LogP contribution in [0.3, 0.4) is 0 Å². The summed E-state index contributed by atoms with van der Waals surface area (Å²) in [5.41, 5.74) is 0.669. The topological polar surface area (TPSA) is 90.9 Å². The monoisotopic (exact) mass is 418 g/mol. The molecule has 1 amide bonds. The summed E-state index contributed by atoms with van der Waals surface area (Å²) in [5, 5.41) is 9.34. The zero-order chi connectivity index (χ0) is 21.8. The number of piperidine rings is 1. The van der Waals surface area contributed by atoms with Gasteiger partial charge in [-0.05, 0) is 71.1 Å². The lowest BCUT2D eigenvalue weighted by atomic mass is 10.1. The molecule has 0 unspecified atom stereocenters. The van der Waals surface area contributed by atoms with Crippen LogP contribution in [0.15, 0.2) is 23.3 Å². The van der Waals surface area contributed by atoms with Crippen molar-refractivity contribution < 1.29 is 9.53 Å². The fourth-order valence-electron chi connectivity index (χ4n) is 3.17. The van der Waals surface area contributed by atoms with Gasteiger partial charge in [-0.3, -0.25) is 0 Å². The summed E-state index contributed by atoms with van der Waals surface area (Å²) in [6.45, 7) is 12.4. The average Bonchev–Trinajstić information content (AvgIpc) is 2.71. The number of aromatic nitrogens is 1. The van der Waals surface area contributed by atoms with E-state index in [2.05, 4.69) is 36.9 Å². The number of hydrogen-bond donors (Lipinski definition) is 3. The van der Waals surface area contributed by atoms with Crippen molar-refractivity contribution in [2.75, 3.05) is 37.6 Å². The Hall–Kier alpha value is -2.51. The molecule has 2 rings (SSSR count). The summed E-state index contributed by atoms with van der Waals surface area (Å²) in [4.78, 5) is 23.2. The number of ether oxygens (including phenoxy) is 1. The van der Waals surface area contributed by atoms with Gasteiger partial charge in [0.2, 0.25) is 0 Å². The molecule has 0 spiro atoms. The highest BCUT2D eigenvalue weighted by Crippen LogP contribution is 2.18. The zero-order valence-corrected chi connectivity index (χ0v) is 19.0. The highest BCUT2D eigenvalue weighted by Gasteiger charge is 2.15. The summed E-state index contributed by atoms with van der Waals surface area (Å²) in [6, 6.07) is 4.16. The first-order valence-corrected chi connectivity index (χ1v) is 11.1. The number of aliphatic imine (C=N–C) groups is 1. The van der Waals surface area contributed by atoms with Gasteiger partial charge < -0.3 is 25.6 Å². The molecule has 30 heavy (non-hydrogen) atoms. The molecule has 0 atom stereocenters. The van der Waals surface area contributed by atoms with Gasteiger partial charge in [0.15, 0.2) is 5.96 Å². The number of nitrogens with one attached hydrogen (secondary N) is 3. The highest BCUT2D eigenvalue weighted by atomic mass is 16.6. The molecule has 1 aromatic rings. The molecule has 8 nitrogen and oxygen atoms in total. The van der Waals surface area contributed by atoms with Crippen LogP contribution >= 0.6 is 0 Å². The molecule has 0 aliphatic carbocycles. The highest BCUT2D eigenvalue weighted by molar-refractivity contribution is 5.79. The maximum Gasteiger partial charge on any atom is 0.407 e. The number of carbonyl (C=O) groups excluding carboxylic acids is 1. The Morgan fingerprint density at radius 2 is 1.90 bits per heavy atom. The molecule has 0 radical (unpaired) electrons. The first-order chi connectivity index (χ1) is 14.4. The number of carbonyl (C=O) groups is 1. The van der Waals surface area contributed by atoms with E-state index in [-0.39, 0.29) is 6.09 Å². The molecule has 0 aromatic carbocycles. The number of rotatable bonds is 8. The maximum absolute atomic E-state index is 11.7. The SMILES string of the molecule is CCNC(=NCc1ccnc(N2CCCCC2)c1)NCCCNC(=O)OC(C)(C)C. The maximum atomic E-state index is 11.7. The second kappa shape index (κ2) is 12.2. The molecule has 168 valence electrons. The number of amides is 1. The number of guanidine groups is 1. The lowest BCUT2D eigenvalue weighted by molar-refractivity contribution is 0.0527. The van der Waals surface area contributed by atoms with E-state index in [9.17, 15) is 4.79 Å². The van der Waals surface area contributed by atoms with Gasteiger partial charge in [0, 0.05) is 38.9 Å². The van der Waals surface area contributed by atoms with Gasteiger partial charge in [0.25, 0.3) is 0 Å². The van der Waals surface area contributed by atoms with Crippen molar-refractivity contribution in [2.24, 2.45) is 4.99 Å². The molecule has 1 saturated heterocycles. The quantitative estimate of drug-likeness (QED) is 0.341. The van der Waals surface area contributed by atoms with Gasteiger partial charge in [-0.15, -0.1) is 0 Å². The summed E-state index contributed by atoms with van der Waals surface area (Å²) < 4.78 is 5.23. The third kappa shape index (κ3) is 9.33. The van der Waals surface area contributed by atoms with Crippen molar-refractivity contribution in [1.82, 2.24) is 20.9 Å². The van der Waals surface area contributed by atoms with Crippen molar-refractivity contribution in [2.45, 2.75) is 65.5 Å².